The van der Waals surface area contributed by atoms with E-state index in [-0.39, 0.29) is 22.3 Å². The minimum atomic E-state index is -6.70. The predicted molar refractivity (Wildman–Crippen MR) is 95.9 cm³/mol. The molecule has 32 heavy (non-hydrogen) atoms. The van der Waals surface area contributed by atoms with E-state index in [9.17, 15) is 43.5 Å². The van der Waals surface area contributed by atoms with Gasteiger partial charge in [0.25, 0.3) is 0 Å². The first kappa shape index (κ1) is 24.4. The Bertz CT molecular complexity index is 1120. The lowest BCUT2D eigenvalue weighted by Gasteiger charge is -2.30. The minimum Gasteiger partial charge on any atom is -0.327 e. The summed E-state index contributed by atoms with van der Waals surface area (Å²) in [6.07, 6.45) is -7.50. The normalized spacial score (nSPS) is 16.9. The molecule has 2 aromatic heterocycles. The number of nitrogens with zero attached hydrogens (tertiary/aromatic N) is 3. The molecule has 0 radical (unpaired) electrons. The topological polar surface area (TPSA) is 64.8 Å². The van der Waals surface area contributed by atoms with E-state index in [2.05, 4.69) is 9.97 Å². The molecule has 0 aliphatic heterocycles. The fourth-order valence-electron chi connectivity index (χ4n) is 3.07. The van der Waals surface area contributed by atoms with Crippen molar-refractivity contribution in [3.05, 3.63) is 29.7 Å². The van der Waals surface area contributed by atoms with Gasteiger partial charge in [-0.15, -0.1) is 0 Å². The average molecular weight is 491 g/mol. The highest BCUT2D eigenvalue weighted by molar-refractivity contribution is 7.91. The van der Waals surface area contributed by atoms with Crippen LogP contribution in [-0.2, 0) is 16.9 Å². The lowest BCUT2D eigenvalue weighted by atomic mass is 10.0. The number of alkyl halides is 8. The maximum atomic E-state index is 14.4. The highest BCUT2D eigenvalue weighted by Gasteiger charge is 2.76. The Morgan fingerprint density at radius 2 is 1.69 bits per heavy atom. The Labute approximate surface area is 177 Å². The molecule has 3 rings (SSSR count). The second kappa shape index (κ2) is 7.66. The summed E-state index contributed by atoms with van der Waals surface area (Å²) >= 11 is 0. The molecule has 5 nitrogen and oxygen atoms in total. The van der Waals surface area contributed by atoms with Crippen molar-refractivity contribution < 1.29 is 43.5 Å². The molecule has 178 valence electrons. The molecular weight excluding hydrogens is 474 g/mol. The molecule has 0 unspecified atom stereocenters. The van der Waals surface area contributed by atoms with Crippen LogP contribution in [0.5, 0.6) is 0 Å². The number of aromatic nitrogens is 3. The molecule has 1 fully saturated rings. The summed E-state index contributed by atoms with van der Waals surface area (Å²) in [5.41, 5.74) is -1.06. The fraction of sp³-hybridized carbons (Fsp3) is 0.556. The largest absolute Gasteiger partial charge is 0.460 e. The Morgan fingerprint density at radius 1 is 1.09 bits per heavy atom. The maximum Gasteiger partial charge on any atom is 0.460 e. The summed E-state index contributed by atoms with van der Waals surface area (Å²) in [4.78, 5) is 7.28. The second-order valence-corrected chi connectivity index (χ2v) is 9.66. The standard InChI is InChI=1S/C18H17F8N3O2S/c1-3-32(30,31)12-6-10(9-4-5-9)7-27-13(12)15-28-8-11(29(15)2)14(19)16(20,21)17(22,23)18(24,25)26/h6-9,14H,3-5H2,1-2H3/t14-/m0/s1. The van der Waals surface area contributed by atoms with Crippen molar-refractivity contribution in [2.75, 3.05) is 5.75 Å². The van der Waals surface area contributed by atoms with Gasteiger partial charge in [-0.3, -0.25) is 4.98 Å². The predicted octanol–water partition coefficient (Wildman–Crippen LogP) is 5.00. The first-order valence-electron chi connectivity index (χ1n) is 9.27. The van der Waals surface area contributed by atoms with Gasteiger partial charge in [0.15, 0.2) is 15.7 Å². The first-order chi connectivity index (χ1) is 14.6. The van der Waals surface area contributed by atoms with Crippen LogP contribution in [0.2, 0.25) is 0 Å². The van der Waals surface area contributed by atoms with Crippen LogP contribution < -0.4 is 0 Å². The summed E-state index contributed by atoms with van der Waals surface area (Å²) in [7, 11) is -3.05. The van der Waals surface area contributed by atoms with Gasteiger partial charge in [-0.05, 0) is 30.4 Å². The van der Waals surface area contributed by atoms with E-state index in [1.807, 2.05) is 0 Å². The number of hydrogen-bond donors (Lipinski definition) is 0. The molecule has 0 aromatic carbocycles. The SMILES string of the molecule is CCS(=O)(=O)c1cc(C2CC2)cnc1-c1ncc([C@H](F)C(F)(F)C(F)(F)C(F)(F)F)n1C. The van der Waals surface area contributed by atoms with Crippen LogP contribution in [0.4, 0.5) is 35.1 Å². The third-order valence-electron chi connectivity index (χ3n) is 5.23. The molecule has 1 aliphatic carbocycles. The van der Waals surface area contributed by atoms with Crippen molar-refractivity contribution in [3.63, 3.8) is 0 Å². The highest BCUT2D eigenvalue weighted by Crippen LogP contribution is 2.53. The van der Waals surface area contributed by atoms with E-state index in [0.29, 0.717) is 16.3 Å². The quantitative estimate of drug-likeness (QED) is 0.512. The monoisotopic (exact) mass is 491 g/mol. The zero-order valence-electron chi connectivity index (χ0n) is 16.6. The zero-order chi connectivity index (χ0) is 24.3. The molecular formula is C18H17F8N3O2S. The molecule has 0 saturated heterocycles. The van der Waals surface area contributed by atoms with Gasteiger partial charge in [0.2, 0.25) is 6.17 Å². The zero-order valence-corrected chi connectivity index (χ0v) is 17.4. The van der Waals surface area contributed by atoms with Crippen molar-refractivity contribution in [2.45, 2.75) is 54.8 Å². The Morgan fingerprint density at radius 3 is 2.19 bits per heavy atom. The van der Waals surface area contributed by atoms with Gasteiger partial charge in [0.05, 0.1) is 22.5 Å². The first-order valence-corrected chi connectivity index (χ1v) is 10.9. The number of halogens is 8. The number of pyridine rings is 1. The van der Waals surface area contributed by atoms with Crippen LogP contribution in [0.1, 0.15) is 43.1 Å². The third-order valence-corrected chi connectivity index (χ3v) is 6.97. The molecule has 14 heteroatoms. The molecule has 1 aliphatic rings. The molecule has 0 spiro atoms. The molecule has 0 amide bonds. The van der Waals surface area contributed by atoms with E-state index in [1.165, 1.54) is 19.2 Å². The molecule has 1 atom stereocenters. The lowest BCUT2D eigenvalue weighted by Crippen LogP contribution is -2.54. The van der Waals surface area contributed by atoms with E-state index < -0.39 is 45.5 Å². The van der Waals surface area contributed by atoms with Gasteiger partial charge >= 0.3 is 18.0 Å². The van der Waals surface area contributed by atoms with Crippen molar-refractivity contribution in [1.82, 2.24) is 14.5 Å². The van der Waals surface area contributed by atoms with Crippen molar-refractivity contribution in [1.29, 1.82) is 0 Å². The molecule has 2 aromatic rings. The van der Waals surface area contributed by atoms with Gasteiger partial charge < -0.3 is 4.57 Å². The van der Waals surface area contributed by atoms with Crippen LogP contribution in [0.25, 0.3) is 11.5 Å². The average Bonchev–Trinajstić information content (AvgIpc) is 3.48. The van der Waals surface area contributed by atoms with E-state index in [4.69, 9.17) is 0 Å². The number of imidazole rings is 1. The van der Waals surface area contributed by atoms with E-state index in [0.717, 1.165) is 19.9 Å². The molecule has 1 saturated carbocycles. The summed E-state index contributed by atoms with van der Waals surface area (Å²) in [6, 6.07) is 1.33. The number of rotatable bonds is 7. The fourth-order valence-corrected chi connectivity index (χ4v) is 4.14. The lowest BCUT2D eigenvalue weighted by molar-refractivity contribution is -0.367. The highest BCUT2D eigenvalue weighted by atomic mass is 32.2. The molecule has 0 N–H and O–H groups in total. The van der Waals surface area contributed by atoms with Gasteiger partial charge in [0, 0.05) is 13.2 Å². The Hall–Kier alpha value is -2.25. The minimum absolute atomic E-state index is 0.0952. The second-order valence-electron chi connectivity index (χ2n) is 7.42. The summed E-state index contributed by atoms with van der Waals surface area (Å²) in [6.45, 7) is 1.34. The Kier molecular flexibility index (Phi) is 5.84. The van der Waals surface area contributed by atoms with Crippen LogP contribution in [-0.4, -0.2) is 46.7 Å². The maximum absolute atomic E-state index is 14.4. The molecule has 2 heterocycles. The van der Waals surface area contributed by atoms with Crippen LogP contribution in [0.3, 0.4) is 0 Å². The Balaban J connectivity index is 2.10. The van der Waals surface area contributed by atoms with Crippen LogP contribution in [0, 0.1) is 0 Å². The summed E-state index contributed by atoms with van der Waals surface area (Å²) in [5.74, 6) is -13.6. The van der Waals surface area contributed by atoms with E-state index in [1.54, 1.807) is 0 Å². The van der Waals surface area contributed by atoms with Gasteiger partial charge in [-0.2, -0.15) is 30.7 Å². The summed E-state index contributed by atoms with van der Waals surface area (Å²) in [5, 5.41) is 0. The van der Waals surface area contributed by atoms with Crippen molar-refractivity contribution in [3.8, 4) is 11.5 Å². The number of sulfone groups is 1. The smallest absolute Gasteiger partial charge is 0.327 e. The van der Waals surface area contributed by atoms with Crippen LogP contribution >= 0.6 is 0 Å². The number of hydrogen-bond acceptors (Lipinski definition) is 4. The van der Waals surface area contributed by atoms with Crippen LogP contribution in [0.15, 0.2) is 23.4 Å². The van der Waals surface area contributed by atoms with Gasteiger partial charge in [-0.25, -0.2) is 17.8 Å². The van der Waals surface area contributed by atoms with Crippen molar-refractivity contribution in [2.24, 2.45) is 7.05 Å². The molecule has 0 bridgehead atoms. The van der Waals surface area contributed by atoms with Gasteiger partial charge in [0.1, 0.15) is 5.69 Å². The third kappa shape index (κ3) is 3.86. The summed E-state index contributed by atoms with van der Waals surface area (Å²) < 4.78 is 131. The van der Waals surface area contributed by atoms with E-state index >= 15 is 0 Å². The van der Waals surface area contributed by atoms with Gasteiger partial charge in [-0.1, -0.05) is 6.92 Å². The van der Waals surface area contributed by atoms with Crippen molar-refractivity contribution >= 4 is 9.84 Å².